The molecule has 2 atom stereocenters. The molecule has 0 bridgehead atoms. The molecular weight excluding hydrogens is 250 g/mol. The number of carboxylic acid groups (broad SMARTS) is 1. The molecule has 6 heteroatoms. The molecule has 0 spiro atoms. The number of carbonyl (C=O) groups excluding carboxylic acids is 1. The molecule has 1 fully saturated rings. The zero-order valence-corrected chi connectivity index (χ0v) is 10.7. The van der Waals surface area contributed by atoms with Gasteiger partial charge in [0.25, 0.3) is 5.91 Å². The summed E-state index contributed by atoms with van der Waals surface area (Å²) >= 11 is 0. The van der Waals surface area contributed by atoms with Crippen molar-refractivity contribution in [1.82, 2.24) is 4.90 Å². The van der Waals surface area contributed by atoms with Crippen LogP contribution < -0.4 is 0 Å². The third kappa shape index (κ3) is 3.14. The number of ether oxygens (including phenoxy) is 1. The first-order valence-corrected chi connectivity index (χ1v) is 6.31. The second-order valence-corrected chi connectivity index (χ2v) is 4.46. The Labute approximate surface area is 110 Å². The van der Waals surface area contributed by atoms with E-state index in [-0.39, 0.29) is 5.91 Å². The number of hydrogen-bond acceptors (Lipinski definition) is 4. The number of carboxylic acids is 1. The molecule has 0 unspecified atom stereocenters. The molecule has 1 N–H and O–H groups in total. The fourth-order valence-corrected chi connectivity index (χ4v) is 2.14. The molecule has 6 nitrogen and oxygen atoms in total. The van der Waals surface area contributed by atoms with Crippen molar-refractivity contribution in [3.05, 3.63) is 24.2 Å². The number of nitrogens with zero attached hydrogens (tertiary/aromatic N) is 1. The van der Waals surface area contributed by atoms with Gasteiger partial charge in [0.1, 0.15) is 11.9 Å². The predicted molar refractivity (Wildman–Crippen MR) is 65.3 cm³/mol. The Kier molecular flexibility index (Phi) is 4.21. The zero-order valence-electron chi connectivity index (χ0n) is 10.7. The van der Waals surface area contributed by atoms with E-state index in [9.17, 15) is 9.59 Å². The van der Waals surface area contributed by atoms with Crippen LogP contribution in [0.5, 0.6) is 0 Å². The quantitative estimate of drug-likeness (QED) is 0.868. The van der Waals surface area contributed by atoms with Gasteiger partial charge in [-0.05, 0) is 31.9 Å². The average molecular weight is 267 g/mol. The van der Waals surface area contributed by atoms with Crippen LogP contribution in [0.15, 0.2) is 22.8 Å². The number of aliphatic carboxylic acids is 1. The monoisotopic (exact) mass is 267 g/mol. The lowest BCUT2D eigenvalue weighted by Gasteiger charge is -2.23. The molecule has 1 aliphatic rings. The molecule has 1 aromatic rings. The summed E-state index contributed by atoms with van der Waals surface area (Å²) in [6, 6.07) is 3.56. The molecule has 2 heterocycles. The van der Waals surface area contributed by atoms with E-state index in [4.69, 9.17) is 14.3 Å². The van der Waals surface area contributed by atoms with Gasteiger partial charge in [0, 0.05) is 6.54 Å². The smallest absolute Gasteiger partial charge is 0.332 e. The van der Waals surface area contributed by atoms with Crippen molar-refractivity contribution in [2.24, 2.45) is 0 Å². The summed E-state index contributed by atoms with van der Waals surface area (Å²) in [6.45, 7) is 2.77. The van der Waals surface area contributed by atoms with Crippen LogP contribution in [0.25, 0.3) is 0 Å². The van der Waals surface area contributed by atoms with Gasteiger partial charge in [-0.15, -0.1) is 0 Å². The number of likely N-dealkylation sites (N-methyl/N-ethyl adjacent to an activating group) is 1. The van der Waals surface area contributed by atoms with E-state index < -0.39 is 18.2 Å². The van der Waals surface area contributed by atoms with Gasteiger partial charge >= 0.3 is 5.97 Å². The minimum Gasteiger partial charge on any atom is -0.479 e. The second kappa shape index (κ2) is 5.88. The summed E-state index contributed by atoms with van der Waals surface area (Å²) in [4.78, 5) is 24.6. The van der Waals surface area contributed by atoms with E-state index >= 15 is 0 Å². The minimum atomic E-state index is -1.01. The van der Waals surface area contributed by atoms with Crippen LogP contribution >= 0.6 is 0 Å². The Morgan fingerprint density at radius 1 is 1.42 bits per heavy atom. The van der Waals surface area contributed by atoms with Crippen molar-refractivity contribution in [3.8, 4) is 0 Å². The molecule has 1 saturated heterocycles. The third-order valence-electron chi connectivity index (χ3n) is 3.19. The SMILES string of the molecule is CCN(Cc1ccco1)C(=O)[C@@H]1CC[C@H](C(=O)O)O1. The number of rotatable bonds is 5. The second-order valence-electron chi connectivity index (χ2n) is 4.46. The Morgan fingerprint density at radius 2 is 2.16 bits per heavy atom. The Balaban J connectivity index is 1.95. The molecule has 0 saturated carbocycles. The van der Waals surface area contributed by atoms with Crippen molar-refractivity contribution < 1.29 is 23.8 Å². The van der Waals surface area contributed by atoms with E-state index in [0.29, 0.717) is 31.7 Å². The maximum Gasteiger partial charge on any atom is 0.332 e. The van der Waals surface area contributed by atoms with Crippen molar-refractivity contribution >= 4 is 11.9 Å². The van der Waals surface area contributed by atoms with E-state index in [0.717, 1.165) is 0 Å². The van der Waals surface area contributed by atoms with Crippen molar-refractivity contribution in [2.45, 2.75) is 38.5 Å². The molecule has 19 heavy (non-hydrogen) atoms. The minimum absolute atomic E-state index is 0.178. The highest BCUT2D eigenvalue weighted by molar-refractivity contribution is 5.82. The van der Waals surface area contributed by atoms with Gasteiger partial charge in [0.2, 0.25) is 0 Å². The van der Waals surface area contributed by atoms with Gasteiger partial charge in [-0.2, -0.15) is 0 Å². The Hall–Kier alpha value is -1.82. The van der Waals surface area contributed by atoms with Gasteiger partial charge in [0.15, 0.2) is 6.10 Å². The van der Waals surface area contributed by atoms with E-state index in [2.05, 4.69) is 0 Å². The molecule has 104 valence electrons. The molecule has 0 radical (unpaired) electrons. The number of carbonyl (C=O) groups is 2. The lowest BCUT2D eigenvalue weighted by Crippen LogP contribution is -2.39. The summed E-state index contributed by atoms with van der Waals surface area (Å²) in [5.41, 5.74) is 0. The topological polar surface area (TPSA) is 80.0 Å². The summed E-state index contributed by atoms with van der Waals surface area (Å²) in [6.07, 6.45) is 0.863. The van der Waals surface area contributed by atoms with Crippen molar-refractivity contribution in [2.75, 3.05) is 6.54 Å². The highest BCUT2D eigenvalue weighted by atomic mass is 16.5. The summed E-state index contributed by atoms with van der Waals surface area (Å²) in [7, 11) is 0. The highest BCUT2D eigenvalue weighted by Gasteiger charge is 2.36. The molecule has 2 rings (SSSR count). The van der Waals surface area contributed by atoms with Crippen LogP contribution in [-0.2, 0) is 20.9 Å². The normalized spacial score (nSPS) is 22.4. The fourth-order valence-electron chi connectivity index (χ4n) is 2.14. The van der Waals surface area contributed by atoms with Crippen LogP contribution in [0.1, 0.15) is 25.5 Å². The predicted octanol–water partition coefficient (Wildman–Crippen LogP) is 1.26. The lowest BCUT2D eigenvalue weighted by molar-refractivity contribution is -0.155. The van der Waals surface area contributed by atoms with Crippen LogP contribution in [-0.4, -0.2) is 40.6 Å². The van der Waals surface area contributed by atoms with Crippen LogP contribution in [0.2, 0.25) is 0 Å². The Bertz CT molecular complexity index is 442. The number of furan rings is 1. The molecule has 1 aromatic heterocycles. The largest absolute Gasteiger partial charge is 0.479 e. The van der Waals surface area contributed by atoms with Gasteiger partial charge in [0.05, 0.1) is 12.8 Å². The zero-order chi connectivity index (χ0) is 13.8. The van der Waals surface area contributed by atoms with E-state index in [1.54, 1.807) is 23.3 Å². The number of amides is 1. The molecular formula is C13H17NO5. The molecule has 0 aliphatic carbocycles. The first-order chi connectivity index (χ1) is 9.11. The van der Waals surface area contributed by atoms with Gasteiger partial charge in [-0.1, -0.05) is 0 Å². The maximum absolute atomic E-state index is 12.2. The molecule has 1 aliphatic heterocycles. The Morgan fingerprint density at radius 3 is 2.68 bits per heavy atom. The van der Waals surface area contributed by atoms with Gasteiger partial charge < -0.3 is 19.2 Å². The first-order valence-electron chi connectivity index (χ1n) is 6.31. The maximum atomic E-state index is 12.2. The van der Waals surface area contributed by atoms with Crippen LogP contribution in [0, 0.1) is 0 Å². The highest BCUT2D eigenvalue weighted by Crippen LogP contribution is 2.22. The van der Waals surface area contributed by atoms with Crippen molar-refractivity contribution in [1.29, 1.82) is 0 Å². The van der Waals surface area contributed by atoms with Gasteiger partial charge in [-0.3, -0.25) is 4.79 Å². The summed E-state index contributed by atoms with van der Waals surface area (Å²) < 4.78 is 10.5. The summed E-state index contributed by atoms with van der Waals surface area (Å²) in [5, 5.41) is 8.85. The standard InChI is InChI=1S/C13H17NO5/c1-2-14(8-9-4-3-7-18-9)12(15)10-5-6-11(19-10)13(16)17/h3-4,7,10-11H,2,5-6,8H2,1H3,(H,16,17)/t10-,11+/m0/s1. The molecule has 0 aromatic carbocycles. The lowest BCUT2D eigenvalue weighted by atomic mass is 10.2. The molecule has 1 amide bonds. The number of hydrogen-bond donors (Lipinski definition) is 1. The first kappa shape index (κ1) is 13.6. The fraction of sp³-hybridized carbons (Fsp3) is 0.538. The van der Waals surface area contributed by atoms with E-state index in [1.165, 1.54) is 0 Å². The van der Waals surface area contributed by atoms with Crippen molar-refractivity contribution in [3.63, 3.8) is 0 Å². The third-order valence-corrected chi connectivity index (χ3v) is 3.19. The average Bonchev–Trinajstić information content (AvgIpc) is 3.06. The summed E-state index contributed by atoms with van der Waals surface area (Å²) in [5.74, 6) is -0.491. The van der Waals surface area contributed by atoms with E-state index in [1.807, 2.05) is 6.92 Å². The van der Waals surface area contributed by atoms with Gasteiger partial charge in [-0.25, -0.2) is 4.79 Å². The van der Waals surface area contributed by atoms with Crippen LogP contribution in [0.3, 0.4) is 0 Å². The van der Waals surface area contributed by atoms with Crippen LogP contribution in [0.4, 0.5) is 0 Å².